The highest BCUT2D eigenvalue weighted by Crippen LogP contribution is 2.47. The van der Waals surface area contributed by atoms with Gasteiger partial charge >= 0.3 is 0 Å². The minimum absolute atomic E-state index is 0.569. The molecule has 2 heteroatoms. The van der Waals surface area contributed by atoms with Crippen molar-refractivity contribution in [3.63, 3.8) is 0 Å². The van der Waals surface area contributed by atoms with E-state index < -0.39 is 0 Å². The number of nitrogens with zero attached hydrogens (tertiary/aromatic N) is 1. The van der Waals surface area contributed by atoms with Crippen molar-refractivity contribution >= 4 is 5.57 Å². The Labute approximate surface area is 157 Å². The molecule has 1 aliphatic heterocycles. The second-order valence-corrected chi connectivity index (χ2v) is 7.83. The molecule has 26 heavy (non-hydrogen) atoms. The van der Waals surface area contributed by atoms with Crippen LogP contribution in [0.5, 0.6) is 0 Å². The zero-order chi connectivity index (χ0) is 17.9. The van der Waals surface area contributed by atoms with Crippen molar-refractivity contribution in [1.82, 2.24) is 4.90 Å². The molecule has 0 radical (unpaired) electrons. The van der Waals surface area contributed by atoms with E-state index in [2.05, 4.69) is 55.1 Å². The Morgan fingerprint density at radius 1 is 1.00 bits per heavy atom. The van der Waals surface area contributed by atoms with Gasteiger partial charge in [-0.1, -0.05) is 50.6 Å². The van der Waals surface area contributed by atoms with E-state index in [0.717, 1.165) is 12.3 Å². The van der Waals surface area contributed by atoms with Crippen LogP contribution in [0.25, 0.3) is 5.57 Å². The first kappa shape index (κ1) is 17.6. The van der Waals surface area contributed by atoms with Gasteiger partial charge in [-0.2, -0.15) is 0 Å². The molecule has 138 valence electrons. The van der Waals surface area contributed by atoms with Crippen LogP contribution in [0.1, 0.15) is 63.7 Å². The fraction of sp³-hybridized carbons (Fsp3) is 0.500. The van der Waals surface area contributed by atoms with Gasteiger partial charge in [-0.05, 0) is 55.4 Å². The number of hydrogen-bond acceptors (Lipinski definition) is 2. The molecule has 3 atom stereocenters. The van der Waals surface area contributed by atoms with Crippen LogP contribution >= 0.6 is 0 Å². The smallest absolute Gasteiger partial charge is 0.130 e. The molecule has 1 saturated carbocycles. The average molecular weight is 350 g/mol. The van der Waals surface area contributed by atoms with Gasteiger partial charge in [0, 0.05) is 30.1 Å². The summed E-state index contributed by atoms with van der Waals surface area (Å²) < 4.78 is 5.92. The van der Waals surface area contributed by atoms with Gasteiger partial charge < -0.3 is 4.42 Å². The van der Waals surface area contributed by atoms with Gasteiger partial charge in [0.05, 0.1) is 6.26 Å². The van der Waals surface area contributed by atoms with E-state index in [-0.39, 0.29) is 0 Å². The van der Waals surface area contributed by atoms with Crippen molar-refractivity contribution in [3.8, 4) is 0 Å². The lowest BCUT2D eigenvalue weighted by Crippen LogP contribution is -2.52. The Kier molecular flexibility index (Phi) is 5.31. The Morgan fingerprint density at radius 2 is 1.85 bits per heavy atom. The van der Waals surface area contributed by atoms with Gasteiger partial charge in [0.15, 0.2) is 0 Å². The number of fused-ring (bicyclic) bond motifs is 1. The Balaban J connectivity index is 1.78. The monoisotopic (exact) mass is 349 g/mol. The first-order valence-electron chi connectivity index (χ1n) is 10.4. The van der Waals surface area contributed by atoms with Crippen LogP contribution in [0.3, 0.4) is 0 Å². The minimum atomic E-state index is 0.569. The predicted molar refractivity (Wildman–Crippen MR) is 108 cm³/mol. The SMILES string of the molecule is CC[C@@H]1C(c2ccco2)=C2CCCC[C@@H]2N(Cc2ccccc2)[C@H]1CC. The molecule has 1 aromatic heterocycles. The van der Waals surface area contributed by atoms with E-state index in [4.69, 9.17) is 4.42 Å². The molecule has 0 spiro atoms. The highest BCUT2D eigenvalue weighted by atomic mass is 16.3. The summed E-state index contributed by atoms with van der Waals surface area (Å²) in [4.78, 5) is 2.82. The highest BCUT2D eigenvalue weighted by Gasteiger charge is 2.42. The van der Waals surface area contributed by atoms with Crippen molar-refractivity contribution in [2.75, 3.05) is 0 Å². The Morgan fingerprint density at radius 3 is 2.54 bits per heavy atom. The van der Waals surface area contributed by atoms with Crippen molar-refractivity contribution in [1.29, 1.82) is 0 Å². The van der Waals surface area contributed by atoms with Crippen molar-refractivity contribution in [2.45, 2.75) is 71.0 Å². The summed E-state index contributed by atoms with van der Waals surface area (Å²) in [6, 6.07) is 16.4. The van der Waals surface area contributed by atoms with Crippen LogP contribution in [-0.2, 0) is 6.54 Å². The van der Waals surface area contributed by atoms with Crippen LogP contribution in [0.4, 0.5) is 0 Å². The molecule has 0 unspecified atom stereocenters. The van der Waals surface area contributed by atoms with E-state index in [1.807, 2.05) is 12.3 Å². The molecule has 2 aliphatic rings. The third-order valence-electron chi connectivity index (χ3n) is 6.44. The Bertz CT molecular complexity index is 731. The summed E-state index contributed by atoms with van der Waals surface area (Å²) in [6.45, 7) is 5.77. The van der Waals surface area contributed by atoms with Gasteiger partial charge in [0.25, 0.3) is 0 Å². The molecule has 2 heterocycles. The molecule has 0 saturated heterocycles. The lowest BCUT2D eigenvalue weighted by molar-refractivity contribution is 0.0824. The second kappa shape index (κ2) is 7.84. The summed E-state index contributed by atoms with van der Waals surface area (Å²) in [6.07, 6.45) is 9.40. The summed E-state index contributed by atoms with van der Waals surface area (Å²) in [7, 11) is 0. The highest BCUT2D eigenvalue weighted by molar-refractivity contribution is 5.70. The standard InChI is InChI=1S/C24H31NO/c1-3-19-21(4-2)25(17-18-11-6-5-7-12-18)22-14-9-8-13-20(22)24(19)23-15-10-16-26-23/h5-7,10-12,15-16,19,21-22H,3-4,8-9,13-14,17H2,1-2H3/t19-,21-,22-/m0/s1. The van der Waals surface area contributed by atoms with Crippen LogP contribution in [-0.4, -0.2) is 17.0 Å². The topological polar surface area (TPSA) is 16.4 Å². The van der Waals surface area contributed by atoms with Gasteiger partial charge in [-0.3, -0.25) is 4.90 Å². The van der Waals surface area contributed by atoms with Crippen molar-refractivity contribution < 1.29 is 4.42 Å². The van der Waals surface area contributed by atoms with Crippen LogP contribution in [0.15, 0.2) is 58.7 Å². The molecule has 1 fully saturated rings. The zero-order valence-corrected chi connectivity index (χ0v) is 16.2. The molecule has 0 bridgehead atoms. The third kappa shape index (κ3) is 3.16. The van der Waals surface area contributed by atoms with Crippen LogP contribution in [0, 0.1) is 5.92 Å². The lowest BCUT2D eigenvalue weighted by Gasteiger charge is -2.50. The van der Waals surface area contributed by atoms with Gasteiger partial charge in [0.1, 0.15) is 5.76 Å². The maximum atomic E-state index is 5.92. The maximum absolute atomic E-state index is 5.92. The van der Waals surface area contributed by atoms with E-state index in [1.54, 1.807) is 11.1 Å². The largest absolute Gasteiger partial charge is 0.465 e. The second-order valence-electron chi connectivity index (χ2n) is 7.83. The number of hydrogen-bond donors (Lipinski definition) is 0. The summed E-state index contributed by atoms with van der Waals surface area (Å²) >= 11 is 0. The van der Waals surface area contributed by atoms with E-state index in [0.29, 0.717) is 18.0 Å². The molecule has 1 aliphatic carbocycles. The third-order valence-corrected chi connectivity index (χ3v) is 6.44. The van der Waals surface area contributed by atoms with E-state index in [9.17, 15) is 0 Å². The fourth-order valence-electron chi connectivity index (χ4n) is 5.36. The number of benzene rings is 1. The summed E-state index contributed by atoms with van der Waals surface area (Å²) in [5, 5.41) is 0. The normalized spacial score (nSPS) is 26.8. The van der Waals surface area contributed by atoms with Crippen LogP contribution in [0.2, 0.25) is 0 Å². The molecule has 4 rings (SSSR count). The van der Waals surface area contributed by atoms with Crippen molar-refractivity contribution in [2.24, 2.45) is 5.92 Å². The minimum Gasteiger partial charge on any atom is -0.465 e. The lowest BCUT2D eigenvalue weighted by atomic mass is 9.72. The van der Waals surface area contributed by atoms with Gasteiger partial charge in [0.2, 0.25) is 0 Å². The average Bonchev–Trinajstić information content (AvgIpc) is 3.22. The number of rotatable bonds is 5. The Hall–Kier alpha value is -1.80. The maximum Gasteiger partial charge on any atom is 0.130 e. The summed E-state index contributed by atoms with van der Waals surface area (Å²) in [5.41, 5.74) is 4.64. The quantitative estimate of drug-likeness (QED) is 0.630. The molecule has 2 nitrogen and oxygen atoms in total. The molecular formula is C24H31NO. The van der Waals surface area contributed by atoms with E-state index >= 15 is 0 Å². The molecular weight excluding hydrogens is 318 g/mol. The predicted octanol–water partition coefficient (Wildman–Crippen LogP) is 6.30. The molecule has 2 aromatic rings. The zero-order valence-electron chi connectivity index (χ0n) is 16.2. The van der Waals surface area contributed by atoms with Gasteiger partial charge in [-0.25, -0.2) is 0 Å². The van der Waals surface area contributed by atoms with E-state index in [1.165, 1.54) is 44.1 Å². The molecule has 0 N–H and O–H groups in total. The number of furan rings is 1. The van der Waals surface area contributed by atoms with Crippen LogP contribution < -0.4 is 0 Å². The van der Waals surface area contributed by atoms with Crippen molar-refractivity contribution in [3.05, 3.63) is 65.6 Å². The van der Waals surface area contributed by atoms with Gasteiger partial charge in [-0.15, -0.1) is 0 Å². The summed E-state index contributed by atoms with van der Waals surface area (Å²) in [5.74, 6) is 1.69. The first-order valence-corrected chi connectivity index (χ1v) is 10.4. The first-order chi connectivity index (χ1) is 12.8. The fourth-order valence-corrected chi connectivity index (χ4v) is 5.36. The molecule has 1 aromatic carbocycles. The molecule has 0 amide bonds.